The van der Waals surface area contributed by atoms with Crippen LogP contribution in [0.15, 0.2) is 78.1 Å². The molecule has 1 fully saturated rings. The Morgan fingerprint density at radius 1 is 0.906 bits per heavy atom. The first kappa shape index (κ1) is 48.4. The number of piperazine rings is 1. The van der Waals surface area contributed by atoms with Crippen LogP contribution in [0, 0.1) is 13.8 Å². The Hall–Kier alpha value is -5.04. The predicted molar refractivity (Wildman–Crippen MR) is 250 cm³/mol. The van der Waals surface area contributed by atoms with Gasteiger partial charge in [0.05, 0.1) is 28.2 Å². The monoisotopic (exact) mass is 932 g/mol. The number of sulfone groups is 1. The SMILES string of the molecule is CN[C@@H](C)C(=O)N1CCN(CCCn2cc(COc3cccc(-c4cccc(COc5cc(OCc6cncc(S(C)(=O)=O)c6)c(CNC(C=O)CS)cc5Cl)c4C)c3C)nn2)CC1. The summed E-state index contributed by atoms with van der Waals surface area (Å²) in [5.74, 6) is 2.04. The summed E-state index contributed by atoms with van der Waals surface area (Å²) in [6.07, 6.45) is 7.60. The number of amides is 1. The number of nitrogens with one attached hydrogen (secondary N) is 2. The zero-order valence-electron chi connectivity index (χ0n) is 36.9. The predicted octanol–water partition coefficient (Wildman–Crippen LogP) is 5.48. The molecule has 64 heavy (non-hydrogen) atoms. The van der Waals surface area contributed by atoms with Crippen molar-refractivity contribution < 1.29 is 32.2 Å². The third kappa shape index (κ3) is 12.8. The summed E-state index contributed by atoms with van der Waals surface area (Å²) in [5, 5.41) is 15.2. The van der Waals surface area contributed by atoms with Gasteiger partial charge in [-0.3, -0.25) is 19.4 Å². The van der Waals surface area contributed by atoms with E-state index in [9.17, 15) is 18.0 Å². The molecule has 2 N–H and O–H groups in total. The smallest absolute Gasteiger partial charge is 0.239 e. The highest BCUT2D eigenvalue weighted by molar-refractivity contribution is 7.90. The summed E-state index contributed by atoms with van der Waals surface area (Å²) >= 11 is 11.0. The summed E-state index contributed by atoms with van der Waals surface area (Å²) in [5.41, 5.74) is 7.00. The van der Waals surface area contributed by atoms with Crippen LogP contribution in [0.2, 0.25) is 5.02 Å². The molecule has 1 amide bonds. The van der Waals surface area contributed by atoms with Gasteiger partial charge in [-0.05, 0) is 80.3 Å². The Morgan fingerprint density at radius 3 is 2.34 bits per heavy atom. The van der Waals surface area contributed by atoms with Gasteiger partial charge < -0.3 is 34.5 Å². The minimum atomic E-state index is -3.46. The third-order valence-electron chi connectivity index (χ3n) is 11.3. The molecular weight excluding hydrogens is 876 g/mol. The molecule has 1 saturated heterocycles. The van der Waals surface area contributed by atoms with Gasteiger partial charge >= 0.3 is 0 Å². The molecule has 6 rings (SSSR count). The minimum absolute atomic E-state index is 0.0273. The molecular formula is C46H57ClN8O7S2. The molecule has 0 bridgehead atoms. The lowest BCUT2D eigenvalue weighted by atomic mass is 9.93. The number of ether oxygens (including phenoxy) is 3. The van der Waals surface area contributed by atoms with Gasteiger partial charge in [0.1, 0.15) is 49.0 Å². The van der Waals surface area contributed by atoms with Crippen molar-refractivity contribution in [3.63, 3.8) is 0 Å². The van der Waals surface area contributed by atoms with E-state index < -0.39 is 15.9 Å². The lowest BCUT2D eigenvalue weighted by Gasteiger charge is -2.35. The second kappa shape index (κ2) is 22.7. The first-order valence-electron chi connectivity index (χ1n) is 21.2. The number of carbonyl (C=O) groups is 2. The fraction of sp³-hybridized carbons (Fsp3) is 0.413. The zero-order valence-corrected chi connectivity index (χ0v) is 39.4. The van der Waals surface area contributed by atoms with E-state index in [-0.39, 0.29) is 43.2 Å². The Kier molecular flexibility index (Phi) is 17.2. The number of halogens is 1. The van der Waals surface area contributed by atoms with Gasteiger partial charge in [0, 0.05) is 87.4 Å². The van der Waals surface area contributed by atoms with Crippen LogP contribution >= 0.6 is 24.2 Å². The second-order valence-corrected chi connectivity index (χ2v) is 18.7. The first-order chi connectivity index (χ1) is 30.8. The molecule has 3 heterocycles. The van der Waals surface area contributed by atoms with Gasteiger partial charge in [-0.1, -0.05) is 47.1 Å². The molecule has 2 aromatic heterocycles. The molecule has 1 aliphatic heterocycles. The van der Waals surface area contributed by atoms with Gasteiger partial charge in [0.15, 0.2) is 9.84 Å². The number of pyridine rings is 1. The number of nitrogens with zero attached hydrogens (tertiary/aromatic N) is 6. The second-order valence-electron chi connectivity index (χ2n) is 15.9. The van der Waals surface area contributed by atoms with Crippen molar-refractivity contribution >= 4 is 46.3 Å². The number of rotatable bonds is 22. The normalized spacial score (nSPS) is 14.3. The van der Waals surface area contributed by atoms with Crippen LogP contribution in [0.4, 0.5) is 0 Å². The molecule has 0 saturated carbocycles. The maximum atomic E-state index is 12.5. The molecule has 2 atom stereocenters. The zero-order chi connectivity index (χ0) is 45.8. The number of aromatic nitrogens is 4. The summed E-state index contributed by atoms with van der Waals surface area (Å²) in [6.45, 7) is 11.7. The lowest BCUT2D eigenvalue weighted by Crippen LogP contribution is -2.53. The molecule has 1 unspecified atom stereocenters. The van der Waals surface area contributed by atoms with E-state index in [1.54, 1.807) is 18.3 Å². The quantitative estimate of drug-likeness (QED) is 0.0590. The Labute approximate surface area is 386 Å². The van der Waals surface area contributed by atoms with Gasteiger partial charge in [-0.25, -0.2) is 8.42 Å². The number of benzene rings is 3. The highest BCUT2D eigenvalue weighted by Crippen LogP contribution is 2.36. The van der Waals surface area contributed by atoms with Crippen molar-refractivity contribution in [3.05, 3.63) is 112 Å². The fourth-order valence-electron chi connectivity index (χ4n) is 7.32. The van der Waals surface area contributed by atoms with Crippen LogP contribution < -0.4 is 24.8 Å². The van der Waals surface area contributed by atoms with Crippen molar-refractivity contribution in [1.82, 2.24) is 40.4 Å². The van der Waals surface area contributed by atoms with E-state index in [1.165, 1.54) is 12.3 Å². The number of thiol groups is 1. The summed E-state index contributed by atoms with van der Waals surface area (Å²) in [6, 6.07) is 16.4. The van der Waals surface area contributed by atoms with Crippen LogP contribution in [0.25, 0.3) is 11.1 Å². The van der Waals surface area contributed by atoms with Gasteiger partial charge in [-0.15, -0.1) is 5.10 Å². The molecule has 0 aliphatic carbocycles. The van der Waals surface area contributed by atoms with Crippen LogP contribution in [0.5, 0.6) is 17.2 Å². The average molecular weight is 934 g/mol. The van der Waals surface area contributed by atoms with E-state index in [4.69, 9.17) is 25.8 Å². The lowest BCUT2D eigenvalue weighted by molar-refractivity contribution is -0.134. The maximum Gasteiger partial charge on any atom is 0.239 e. The molecule has 0 radical (unpaired) electrons. The van der Waals surface area contributed by atoms with Gasteiger partial charge in [0.2, 0.25) is 5.91 Å². The molecule has 15 nitrogen and oxygen atoms in total. The van der Waals surface area contributed by atoms with Crippen molar-refractivity contribution in [2.75, 3.05) is 51.8 Å². The molecule has 3 aromatic carbocycles. The van der Waals surface area contributed by atoms with Crippen molar-refractivity contribution in [1.29, 1.82) is 0 Å². The van der Waals surface area contributed by atoms with E-state index in [1.807, 2.05) is 60.9 Å². The van der Waals surface area contributed by atoms with E-state index in [0.717, 1.165) is 97.5 Å². The average Bonchev–Trinajstić information content (AvgIpc) is 3.75. The number of hydrogen-bond acceptors (Lipinski definition) is 14. The highest BCUT2D eigenvalue weighted by Gasteiger charge is 2.24. The highest BCUT2D eigenvalue weighted by atomic mass is 35.5. The third-order valence-corrected chi connectivity index (χ3v) is 13.1. The number of likely N-dealkylation sites (N-methyl/N-ethyl adjacent to an activating group) is 1. The Bertz CT molecular complexity index is 2500. The van der Waals surface area contributed by atoms with Gasteiger partial charge in [0.25, 0.3) is 0 Å². The number of hydrogen-bond donors (Lipinski definition) is 3. The molecule has 18 heteroatoms. The minimum Gasteiger partial charge on any atom is -0.488 e. The van der Waals surface area contributed by atoms with Crippen molar-refractivity contribution in [2.45, 2.75) is 77.1 Å². The topological polar surface area (TPSA) is 170 Å². The molecule has 5 aromatic rings. The molecule has 1 aliphatic rings. The van der Waals surface area contributed by atoms with E-state index >= 15 is 0 Å². The number of aldehydes is 1. The maximum absolute atomic E-state index is 12.5. The van der Waals surface area contributed by atoms with Crippen LogP contribution in [-0.2, 0) is 52.3 Å². The van der Waals surface area contributed by atoms with E-state index in [0.29, 0.717) is 33.4 Å². The van der Waals surface area contributed by atoms with Crippen LogP contribution in [0.3, 0.4) is 0 Å². The van der Waals surface area contributed by atoms with Crippen molar-refractivity contribution in [3.8, 4) is 28.4 Å². The Morgan fingerprint density at radius 2 is 1.62 bits per heavy atom. The Balaban J connectivity index is 1.07. The standard InChI is InChI=1S/C46H57ClN8O7S2/c1-31-35(28-61-45-21-44(36(20-42(45)47)23-50-38(26-56)30-63)60-27-34-19-39(24-49-22-34)64(5,58)59)9-6-10-40(31)41-11-7-12-43(32(41)2)62-29-37-25-55(52-51-37)14-8-13-53-15-17-54(18-16-53)46(57)33(3)48-4/h6-7,9-12,19-22,24-26,33,38,48,50,63H,8,13-18,23,27-30H2,1-5H3/t33-,38?/m0/s1. The van der Waals surface area contributed by atoms with Crippen LogP contribution in [0.1, 0.15) is 46.9 Å². The first-order valence-corrected chi connectivity index (χ1v) is 24.1. The van der Waals surface area contributed by atoms with E-state index in [2.05, 4.69) is 62.5 Å². The largest absolute Gasteiger partial charge is 0.488 e. The molecule has 0 spiro atoms. The van der Waals surface area contributed by atoms with Gasteiger partial charge in [-0.2, -0.15) is 12.6 Å². The fourth-order valence-corrected chi connectivity index (χ4v) is 8.40. The number of aryl methyl sites for hydroxylation is 1. The number of carbonyl (C=O) groups excluding carboxylic acids is 2. The summed E-state index contributed by atoms with van der Waals surface area (Å²) < 4.78 is 45.0. The van der Waals surface area contributed by atoms with Crippen molar-refractivity contribution in [2.24, 2.45) is 0 Å². The summed E-state index contributed by atoms with van der Waals surface area (Å²) in [4.78, 5) is 32.5. The molecule has 342 valence electrons. The van der Waals surface area contributed by atoms with Crippen LogP contribution in [-0.4, -0.2) is 114 Å². The summed E-state index contributed by atoms with van der Waals surface area (Å²) in [7, 11) is -1.65.